The quantitative estimate of drug-likeness (QED) is 0.654. The summed E-state index contributed by atoms with van der Waals surface area (Å²) in [5.74, 6) is -0.271. The molecule has 1 aromatic carbocycles. The molecule has 0 nitrogen and oxygen atoms in total. The molecule has 0 N–H and O–H groups in total. The lowest BCUT2D eigenvalue weighted by Crippen LogP contribution is -2.22. The molecule has 1 atom stereocenters. The van der Waals surface area contributed by atoms with Crippen molar-refractivity contribution in [2.45, 2.75) is 33.1 Å². The summed E-state index contributed by atoms with van der Waals surface area (Å²) < 4.78 is 13.8. The smallest absolute Gasteiger partial charge is 0.144 e. The highest BCUT2D eigenvalue weighted by atomic mass is 79.9. The van der Waals surface area contributed by atoms with E-state index in [0.717, 1.165) is 24.6 Å². The van der Waals surface area contributed by atoms with Gasteiger partial charge in [-0.05, 0) is 29.9 Å². The molecule has 0 aliphatic heterocycles. The largest absolute Gasteiger partial charge is 0.205 e. The molecule has 0 saturated heterocycles. The predicted molar refractivity (Wildman–Crippen MR) is 71.9 cm³/mol. The second-order valence-electron chi connectivity index (χ2n) is 4.58. The highest BCUT2D eigenvalue weighted by Gasteiger charge is 2.24. The zero-order valence-electron chi connectivity index (χ0n) is 9.69. The van der Waals surface area contributed by atoms with E-state index >= 15 is 0 Å². The summed E-state index contributed by atoms with van der Waals surface area (Å²) in [5.41, 5.74) is 0.809. The Hall–Kier alpha value is -0.0800. The molecule has 0 aromatic heterocycles. The minimum atomic E-state index is -0.271. The van der Waals surface area contributed by atoms with Crippen LogP contribution in [-0.2, 0) is 6.42 Å². The van der Waals surface area contributed by atoms with Crippen LogP contribution in [-0.4, -0.2) is 5.33 Å². The molecule has 1 aromatic rings. The molecule has 0 fully saturated rings. The molecule has 16 heavy (non-hydrogen) atoms. The minimum absolute atomic E-state index is 0.0975. The lowest BCUT2D eigenvalue weighted by Gasteiger charge is -2.27. The summed E-state index contributed by atoms with van der Waals surface area (Å²) in [5, 5.41) is 1.09. The molecule has 0 bridgehead atoms. The van der Waals surface area contributed by atoms with Crippen molar-refractivity contribution in [2.24, 2.45) is 5.41 Å². The lowest BCUT2D eigenvalue weighted by atomic mass is 9.81. The Morgan fingerprint density at radius 3 is 2.69 bits per heavy atom. The van der Waals surface area contributed by atoms with Gasteiger partial charge in [0.25, 0.3) is 0 Å². The van der Waals surface area contributed by atoms with Crippen molar-refractivity contribution in [1.82, 2.24) is 0 Å². The Morgan fingerprint density at radius 2 is 2.12 bits per heavy atom. The van der Waals surface area contributed by atoms with Crippen molar-refractivity contribution < 1.29 is 4.39 Å². The highest BCUT2D eigenvalue weighted by Crippen LogP contribution is 2.32. The topological polar surface area (TPSA) is 0 Å². The van der Waals surface area contributed by atoms with E-state index in [2.05, 4.69) is 29.8 Å². The number of hydrogen-bond acceptors (Lipinski definition) is 0. The van der Waals surface area contributed by atoms with Crippen LogP contribution in [0, 0.1) is 11.2 Å². The van der Waals surface area contributed by atoms with Crippen LogP contribution in [0.5, 0.6) is 0 Å². The van der Waals surface area contributed by atoms with Crippen LogP contribution >= 0.6 is 27.5 Å². The predicted octanol–water partition coefficient (Wildman–Crippen LogP) is 5.22. The molecular formula is C13H17BrClF. The SMILES string of the molecule is CCCC(C)(CBr)Cc1cccc(Cl)c1F. The van der Waals surface area contributed by atoms with Crippen molar-refractivity contribution in [1.29, 1.82) is 0 Å². The van der Waals surface area contributed by atoms with Crippen LogP contribution in [0.3, 0.4) is 0 Å². The number of halogens is 3. The van der Waals surface area contributed by atoms with E-state index in [1.807, 2.05) is 6.07 Å². The Balaban J connectivity index is 2.90. The van der Waals surface area contributed by atoms with E-state index < -0.39 is 0 Å². The van der Waals surface area contributed by atoms with Crippen LogP contribution in [0.1, 0.15) is 32.3 Å². The monoisotopic (exact) mass is 306 g/mol. The first-order chi connectivity index (χ1) is 7.52. The summed E-state index contributed by atoms with van der Waals surface area (Å²) >= 11 is 9.29. The first kappa shape index (κ1) is 14.0. The van der Waals surface area contributed by atoms with Gasteiger partial charge in [0.1, 0.15) is 5.82 Å². The maximum atomic E-state index is 13.8. The van der Waals surface area contributed by atoms with Crippen LogP contribution in [0.25, 0.3) is 0 Å². The molecule has 3 heteroatoms. The summed E-state index contributed by atoms with van der Waals surface area (Å²) in [7, 11) is 0. The van der Waals surface area contributed by atoms with Crippen LogP contribution < -0.4 is 0 Å². The van der Waals surface area contributed by atoms with Crippen molar-refractivity contribution >= 4 is 27.5 Å². The van der Waals surface area contributed by atoms with E-state index in [1.54, 1.807) is 12.1 Å². The Morgan fingerprint density at radius 1 is 1.44 bits per heavy atom. The van der Waals surface area contributed by atoms with Crippen molar-refractivity contribution in [3.8, 4) is 0 Å². The third kappa shape index (κ3) is 3.46. The molecule has 0 amide bonds. The number of rotatable bonds is 5. The maximum absolute atomic E-state index is 13.8. The normalized spacial score (nSPS) is 14.8. The first-order valence-electron chi connectivity index (χ1n) is 5.51. The van der Waals surface area contributed by atoms with Crippen molar-refractivity contribution in [3.05, 3.63) is 34.6 Å². The summed E-state index contributed by atoms with van der Waals surface area (Å²) in [4.78, 5) is 0. The van der Waals surface area contributed by atoms with Crippen molar-refractivity contribution in [2.75, 3.05) is 5.33 Å². The maximum Gasteiger partial charge on any atom is 0.144 e. The average molecular weight is 308 g/mol. The fourth-order valence-electron chi connectivity index (χ4n) is 1.95. The van der Waals surface area contributed by atoms with Crippen LogP contribution in [0.15, 0.2) is 18.2 Å². The molecule has 0 heterocycles. The summed E-state index contributed by atoms with van der Waals surface area (Å²) in [6.45, 7) is 4.32. The van der Waals surface area contributed by atoms with E-state index in [9.17, 15) is 4.39 Å². The fourth-order valence-corrected chi connectivity index (χ4v) is 2.62. The van der Waals surface area contributed by atoms with E-state index in [4.69, 9.17) is 11.6 Å². The van der Waals surface area contributed by atoms with Gasteiger partial charge in [-0.1, -0.05) is 59.9 Å². The van der Waals surface area contributed by atoms with Crippen LogP contribution in [0.2, 0.25) is 5.02 Å². The van der Waals surface area contributed by atoms with Crippen molar-refractivity contribution in [3.63, 3.8) is 0 Å². The number of benzene rings is 1. The lowest BCUT2D eigenvalue weighted by molar-refractivity contribution is 0.335. The molecule has 1 rings (SSSR count). The average Bonchev–Trinajstić information content (AvgIpc) is 2.25. The molecule has 0 aliphatic rings. The van der Waals surface area contributed by atoms with E-state index in [1.165, 1.54) is 0 Å². The van der Waals surface area contributed by atoms with Gasteiger partial charge in [-0.2, -0.15) is 0 Å². The van der Waals surface area contributed by atoms with E-state index in [0.29, 0.717) is 5.56 Å². The van der Waals surface area contributed by atoms with Gasteiger partial charge in [0.15, 0.2) is 0 Å². The summed E-state index contributed by atoms with van der Waals surface area (Å²) in [6, 6.07) is 5.21. The second kappa shape index (κ2) is 6.02. The molecule has 1 unspecified atom stereocenters. The molecule has 0 spiro atoms. The molecule has 0 saturated carbocycles. The van der Waals surface area contributed by atoms with Gasteiger partial charge in [0.2, 0.25) is 0 Å². The van der Waals surface area contributed by atoms with Gasteiger partial charge in [0.05, 0.1) is 5.02 Å². The van der Waals surface area contributed by atoms with Gasteiger partial charge in [-0.3, -0.25) is 0 Å². The Bertz CT molecular complexity index is 354. The Kier molecular flexibility index (Phi) is 5.26. The zero-order chi connectivity index (χ0) is 12.2. The second-order valence-corrected chi connectivity index (χ2v) is 5.55. The minimum Gasteiger partial charge on any atom is -0.205 e. The molecule has 0 radical (unpaired) electrons. The third-order valence-corrected chi connectivity index (χ3v) is 4.47. The van der Waals surface area contributed by atoms with E-state index in [-0.39, 0.29) is 16.3 Å². The van der Waals surface area contributed by atoms with Gasteiger partial charge >= 0.3 is 0 Å². The van der Waals surface area contributed by atoms with Gasteiger partial charge in [0, 0.05) is 5.33 Å². The summed E-state index contributed by atoms with van der Waals surface area (Å²) in [6.07, 6.45) is 2.90. The Labute approximate surface area is 110 Å². The molecule has 90 valence electrons. The number of hydrogen-bond donors (Lipinski definition) is 0. The molecule has 0 aliphatic carbocycles. The third-order valence-electron chi connectivity index (χ3n) is 2.82. The van der Waals surface area contributed by atoms with Crippen LogP contribution in [0.4, 0.5) is 4.39 Å². The van der Waals surface area contributed by atoms with Gasteiger partial charge < -0.3 is 0 Å². The highest BCUT2D eigenvalue weighted by molar-refractivity contribution is 9.09. The molecular weight excluding hydrogens is 290 g/mol. The fraction of sp³-hybridized carbons (Fsp3) is 0.538. The zero-order valence-corrected chi connectivity index (χ0v) is 12.0. The first-order valence-corrected chi connectivity index (χ1v) is 7.01. The van der Waals surface area contributed by atoms with Gasteiger partial charge in [-0.25, -0.2) is 4.39 Å². The number of alkyl halides is 1. The standard InChI is InChI=1S/C13H17BrClF/c1-3-7-13(2,9-14)8-10-5-4-6-11(15)12(10)16/h4-6H,3,7-9H2,1-2H3. The van der Waals surface area contributed by atoms with Gasteiger partial charge in [-0.15, -0.1) is 0 Å².